The van der Waals surface area contributed by atoms with Gasteiger partial charge in [0.05, 0.1) is 11.8 Å². The largest absolute Gasteiger partial charge is 0.464 e. The summed E-state index contributed by atoms with van der Waals surface area (Å²) in [6, 6.07) is 3.42. The number of carboxylic acid groups (broad SMARTS) is 1. The molecule has 0 fully saturated rings. The molecule has 0 aliphatic heterocycles. The van der Waals surface area contributed by atoms with Crippen LogP contribution < -0.4 is 10.9 Å². The van der Waals surface area contributed by atoms with Gasteiger partial charge in [-0.05, 0) is 12.1 Å². The standard InChI is InChI=1S/C10H7F2N3O2S/c11-5-2-1-3-6(12)8(5)9-14-4-7(18-9)15(13)10(16)17/h1-4H,13H2,(H,16,17). The van der Waals surface area contributed by atoms with Gasteiger partial charge >= 0.3 is 6.09 Å². The van der Waals surface area contributed by atoms with Crippen LogP contribution in [-0.4, -0.2) is 16.2 Å². The molecule has 8 heteroatoms. The smallest absolute Gasteiger partial charge is 0.427 e. The lowest BCUT2D eigenvalue weighted by atomic mass is 10.2. The van der Waals surface area contributed by atoms with Gasteiger partial charge in [0.15, 0.2) is 0 Å². The topological polar surface area (TPSA) is 79.5 Å². The van der Waals surface area contributed by atoms with Gasteiger partial charge < -0.3 is 5.11 Å². The molecule has 2 aromatic rings. The minimum atomic E-state index is -1.39. The number of nitrogens with zero attached hydrogens (tertiary/aromatic N) is 2. The Labute approximate surface area is 104 Å². The third-order valence-electron chi connectivity index (χ3n) is 2.11. The zero-order valence-corrected chi connectivity index (χ0v) is 9.62. The van der Waals surface area contributed by atoms with Crippen LogP contribution in [0.4, 0.5) is 18.6 Å². The van der Waals surface area contributed by atoms with E-state index in [-0.39, 0.29) is 15.6 Å². The van der Waals surface area contributed by atoms with E-state index < -0.39 is 17.7 Å². The quantitative estimate of drug-likeness (QED) is 0.499. The van der Waals surface area contributed by atoms with E-state index in [2.05, 4.69) is 4.98 Å². The monoisotopic (exact) mass is 271 g/mol. The van der Waals surface area contributed by atoms with Crippen molar-refractivity contribution in [1.82, 2.24) is 4.98 Å². The average Bonchev–Trinajstić information content (AvgIpc) is 2.77. The number of rotatable bonds is 2. The van der Waals surface area contributed by atoms with Crippen molar-refractivity contribution in [3.8, 4) is 10.6 Å². The fraction of sp³-hybridized carbons (Fsp3) is 0. The number of benzene rings is 1. The van der Waals surface area contributed by atoms with Gasteiger partial charge in [-0.3, -0.25) is 0 Å². The number of thiazole rings is 1. The number of hydrazine groups is 1. The van der Waals surface area contributed by atoms with E-state index in [9.17, 15) is 13.6 Å². The Morgan fingerprint density at radius 2 is 2.00 bits per heavy atom. The maximum absolute atomic E-state index is 13.5. The summed E-state index contributed by atoms with van der Waals surface area (Å²) in [5.74, 6) is 3.68. The predicted octanol–water partition coefficient (Wildman–Crippen LogP) is 2.45. The summed E-state index contributed by atoms with van der Waals surface area (Å²) in [5.41, 5.74) is -0.299. The number of hydrogen-bond donors (Lipinski definition) is 2. The van der Waals surface area contributed by atoms with E-state index in [1.807, 2.05) is 0 Å². The molecule has 18 heavy (non-hydrogen) atoms. The van der Waals surface area contributed by atoms with Gasteiger partial charge in [-0.25, -0.2) is 29.4 Å². The Balaban J connectivity index is 2.44. The summed E-state index contributed by atoms with van der Waals surface area (Å²) < 4.78 is 26.9. The molecule has 0 radical (unpaired) electrons. The van der Waals surface area contributed by atoms with Crippen LogP contribution in [0.3, 0.4) is 0 Å². The summed E-state index contributed by atoms with van der Waals surface area (Å²) in [6.07, 6.45) is -0.251. The van der Waals surface area contributed by atoms with E-state index in [1.165, 1.54) is 6.07 Å². The van der Waals surface area contributed by atoms with Crippen LogP contribution in [0.5, 0.6) is 0 Å². The Kier molecular flexibility index (Phi) is 3.21. The number of carbonyl (C=O) groups is 1. The normalized spacial score (nSPS) is 10.4. The van der Waals surface area contributed by atoms with Crippen molar-refractivity contribution >= 4 is 22.4 Å². The maximum atomic E-state index is 13.5. The molecular weight excluding hydrogens is 264 g/mol. The summed E-state index contributed by atoms with van der Waals surface area (Å²) in [4.78, 5) is 14.4. The van der Waals surface area contributed by atoms with E-state index in [4.69, 9.17) is 10.9 Å². The first-order chi connectivity index (χ1) is 8.50. The SMILES string of the molecule is NN(C(=O)O)c1cnc(-c2c(F)cccc2F)s1. The Morgan fingerprint density at radius 1 is 1.39 bits per heavy atom. The molecular formula is C10H7F2N3O2S. The molecule has 1 heterocycles. The lowest BCUT2D eigenvalue weighted by molar-refractivity contribution is 0.202. The zero-order chi connectivity index (χ0) is 13.3. The van der Waals surface area contributed by atoms with Crippen molar-refractivity contribution in [2.24, 2.45) is 5.84 Å². The van der Waals surface area contributed by atoms with E-state index >= 15 is 0 Å². The first-order valence-corrected chi connectivity index (χ1v) is 5.50. The Hall–Kier alpha value is -2.06. The summed E-state index contributed by atoms with van der Waals surface area (Å²) in [6.45, 7) is 0. The van der Waals surface area contributed by atoms with Crippen LogP contribution in [0.2, 0.25) is 0 Å². The molecule has 0 aliphatic rings. The number of anilines is 1. The van der Waals surface area contributed by atoms with Crippen LogP contribution >= 0.6 is 11.3 Å². The van der Waals surface area contributed by atoms with Crippen molar-refractivity contribution in [2.45, 2.75) is 0 Å². The Morgan fingerprint density at radius 3 is 2.56 bits per heavy atom. The van der Waals surface area contributed by atoms with Crippen LogP contribution in [-0.2, 0) is 0 Å². The molecule has 0 aliphatic carbocycles. The first kappa shape index (κ1) is 12.4. The van der Waals surface area contributed by atoms with E-state index in [1.54, 1.807) is 0 Å². The highest BCUT2D eigenvalue weighted by atomic mass is 32.1. The summed E-state index contributed by atoms with van der Waals surface area (Å²) >= 11 is 0.780. The third-order valence-corrected chi connectivity index (χ3v) is 3.13. The second-order valence-corrected chi connectivity index (χ2v) is 4.26. The highest BCUT2D eigenvalue weighted by molar-refractivity contribution is 7.19. The average molecular weight is 271 g/mol. The van der Waals surface area contributed by atoms with Gasteiger partial charge in [-0.2, -0.15) is 0 Å². The number of halogens is 2. The number of hydrogen-bond acceptors (Lipinski definition) is 4. The minimum absolute atomic E-state index is 0.0253. The molecule has 1 amide bonds. The fourth-order valence-electron chi connectivity index (χ4n) is 1.29. The second kappa shape index (κ2) is 4.67. The molecule has 1 aromatic heterocycles. The van der Waals surface area contributed by atoms with Crippen molar-refractivity contribution in [2.75, 3.05) is 5.01 Å². The van der Waals surface area contributed by atoms with Gasteiger partial charge in [-0.1, -0.05) is 17.4 Å². The molecule has 0 saturated heterocycles. The Bertz CT molecular complexity index is 582. The lowest BCUT2D eigenvalue weighted by Crippen LogP contribution is -2.35. The van der Waals surface area contributed by atoms with Gasteiger partial charge in [0, 0.05) is 0 Å². The summed E-state index contributed by atoms with van der Waals surface area (Å²) in [5, 5.41) is 9.18. The third kappa shape index (κ3) is 2.15. The molecule has 0 bridgehead atoms. The lowest BCUT2D eigenvalue weighted by Gasteiger charge is -2.07. The van der Waals surface area contributed by atoms with Crippen LogP contribution in [0.15, 0.2) is 24.4 Å². The van der Waals surface area contributed by atoms with Gasteiger partial charge in [-0.15, -0.1) is 0 Å². The van der Waals surface area contributed by atoms with Crippen LogP contribution in [0.25, 0.3) is 10.6 Å². The van der Waals surface area contributed by atoms with Crippen molar-refractivity contribution in [3.63, 3.8) is 0 Å². The second-order valence-electron chi connectivity index (χ2n) is 3.25. The van der Waals surface area contributed by atoms with E-state index in [0.29, 0.717) is 5.01 Å². The van der Waals surface area contributed by atoms with Crippen molar-refractivity contribution < 1.29 is 18.7 Å². The molecule has 0 saturated carbocycles. The molecule has 2 rings (SSSR count). The summed E-state index contributed by atoms with van der Waals surface area (Å²) in [7, 11) is 0. The highest BCUT2D eigenvalue weighted by Gasteiger charge is 2.18. The molecule has 0 unspecified atom stereocenters. The van der Waals surface area contributed by atoms with Gasteiger partial charge in [0.25, 0.3) is 0 Å². The van der Waals surface area contributed by atoms with Crippen LogP contribution in [0.1, 0.15) is 0 Å². The minimum Gasteiger partial charge on any atom is -0.464 e. The zero-order valence-electron chi connectivity index (χ0n) is 8.80. The number of aromatic nitrogens is 1. The maximum Gasteiger partial charge on any atom is 0.427 e. The van der Waals surface area contributed by atoms with Gasteiger partial charge in [0.1, 0.15) is 21.6 Å². The van der Waals surface area contributed by atoms with Crippen molar-refractivity contribution in [1.29, 1.82) is 0 Å². The van der Waals surface area contributed by atoms with Crippen molar-refractivity contribution in [3.05, 3.63) is 36.0 Å². The highest BCUT2D eigenvalue weighted by Crippen LogP contribution is 2.33. The first-order valence-electron chi connectivity index (χ1n) is 4.68. The molecule has 3 N–H and O–H groups in total. The molecule has 94 valence electrons. The van der Waals surface area contributed by atoms with E-state index in [0.717, 1.165) is 29.7 Å². The fourth-order valence-corrected chi connectivity index (χ4v) is 2.17. The molecule has 5 nitrogen and oxygen atoms in total. The molecule has 0 spiro atoms. The number of amides is 1. The molecule has 1 aromatic carbocycles. The van der Waals surface area contributed by atoms with Gasteiger partial charge in [0.2, 0.25) is 0 Å². The number of nitrogens with two attached hydrogens (primary N) is 1. The van der Waals surface area contributed by atoms with Crippen LogP contribution in [0, 0.1) is 11.6 Å². The predicted molar refractivity (Wildman–Crippen MR) is 62.2 cm³/mol. The molecule has 0 atom stereocenters.